The molecule has 1 aromatic rings. The number of anilines is 2. The van der Waals surface area contributed by atoms with Crippen LogP contribution in [0.15, 0.2) is 4.90 Å². The molecule has 3 N–H and O–H groups in total. The Bertz CT molecular complexity index is 579. The number of carbonyl (C=O) groups is 1. The molecule has 1 amide bonds. The number of hydrogen-bond acceptors (Lipinski definition) is 7. The molecular weight excluding hydrogens is 312 g/mol. The quantitative estimate of drug-likeness (QED) is 0.740. The molecule has 0 radical (unpaired) electrons. The number of nitrogens with two attached hydrogens (primary N) is 1. The Balaban J connectivity index is 2.89. The molecule has 0 bridgehead atoms. The molecule has 0 saturated carbocycles. The molecule has 7 nitrogen and oxygen atoms in total. The standard InChI is InChI=1S/C12H22N4O3S2/c1-4-7-21(18,19)10-11(13)15-20-12(10)14-8-9(17)16(5-2)6-3/h14H,4-8H2,1-3H3,(H2,13,15). The Hall–Kier alpha value is -1.35. The highest BCUT2D eigenvalue weighted by atomic mass is 32.2. The van der Waals surface area contributed by atoms with Gasteiger partial charge < -0.3 is 16.0 Å². The van der Waals surface area contributed by atoms with Crippen molar-refractivity contribution in [3.8, 4) is 0 Å². The highest BCUT2D eigenvalue weighted by Gasteiger charge is 2.25. The molecule has 0 aliphatic heterocycles. The smallest absolute Gasteiger partial charge is 0.241 e. The number of hydrogen-bond donors (Lipinski definition) is 2. The molecule has 1 rings (SSSR count). The van der Waals surface area contributed by atoms with Gasteiger partial charge in [0.15, 0.2) is 15.7 Å². The summed E-state index contributed by atoms with van der Waals surface area (Å²) in [5.41, 5.74) is 5.66. The second kappa shape index (κ2) is 7.60. The Kier molecular flexibility index (Phi) is 6.41. The van der Waals surface area contributed by atoms with E-state index in [1.165, 1.54) is 0 Å². The summed E-state index contributed by atoms with van der Waals surface area (Å²) in [5, 5.41) is 3.19. The van der Waals surface area contributed by atoms with Crippen LogP contribution in [0.4, 0.5) is 10.8 Å². The van der Waals surface area contributed by atoms with Crippen molar-refractivity contribution in [2.24, 2.45) is 0 Å². The highest BCUT2D eigenvalue weighted by Crippen LogP contribution is 2.32. The van der Waals surface area contributed by atoms with Gasteiger partial charge in [0.1, 0.15) is 9.90 Å². The van der Waals surface area contributed by atoms with Crippen molar-refractivity contribution in [2.75, 3.05) is 36.4 Å². The number of nitrogens with one attached hydrogen (secondary N) is 1. The second-order valence-electron chi connectivity index (χ2n) is 4.46. The second-order valence-corrected chi connectivity index (χ2v) is 7.28. The molecule has 1 aromatic heterocycles. The lowest BCUT2D eigenvalue weighted by Gasteiger charge is -2.18. The van der Waals surface area contributed by atoms with E-state index in [4.69, 9.17) is 5.73 Å². The third-order valence-electron chi connectivity index (χ3n) is 2.97. The van der Waals surface area contributed by atoms with Gasteiger partial charge in [0, 0.05) is 13.1 Å². The summed E-state index contributed by atoms with van der Waals surface area (Å²) < 4.78 is 28.2. The number of nitrogens with zero attached hydrogens (tertiary/aromatic N) is 2. The third kappa shape index (κ3) is 4.31. The normalized spacial score (nSPS) is 11.4. The Labute approximate surface area is 129 Å². The zero-order valence-corrected chi connectivity index (χ0v) is 14.2. The van der Waals surface area contributed by atoms with E-state index >= 15 is 0 Å². The number of aromatic nitrogens is 1. The number of likely N-dealkylation sites (N-methyl/N-ethyl adjacent to an activating group) is 1. The first kappa shape index (κ1) is 17.7. The lowest BCUT2D eigenvalue weighted by molar-refractivity contribution is -0.128. The molecule has 0 saturated heterocycles. The van der Waals surface area contributed by atoms with E-state index in [1.807, 2.05) is 13.8 Å². The Morgan fingerprint density at radius 1 is 1.33 bits per heavy atom. The average Bonchev–Trinajstić information content (AvgIpc) is 2.79. The zero-order chi connectivity index (χ0) is 16.0. The first-order valence-corrected chi connectivity index (χ1v) is 9.29. The van der Waals surface area contributed by atoms with Crippen LogP contribution in [0.25, 0.3) is 0 Å². The van der Waals surface area contributed by atoms with Gasteiger partial charge in [-0.1, -0.05) is 6.92 Å². The third-order valence-corrected chi connectivity index (χ3v) is 5.90. The summed E-state index contributed by atoms with van der Waals surface area (Å²) in [6.07, 6.45) is 0.495. The van der Waals surface area contributed by atoms with Crippen molar-refractivity contribution in [1.82, 2.24) is 9.27 Å². The van der Waals surface area contributed by atoms with Crippen molar-refractivity contribution in [3.63, 3.8) is 0 Å². The molecule has 9 heteroatoms. The first-order valence-electron chi connectivity index (χ1n) is 6.86. The number of carbonyl (C=O) groups excluding carboxylic acids is 1. The van der Waals surface area contributed by atoms with E-state index in [1.54, 1.807) is 11.8 Å². The zero-order valence-electron chi connectivity index (χ0n) is 12.5. The van der Waals surface area contributed by atoms with Gasteiger partial charge in [-0.3, -0.25) is 4.79 Å². The maximum absolute atomic E-state index is 12.2. The van der Waals surface area contributed by atoms with Gasteiger partial charge in [-0.2, -0.15) is 4.37 Å². The highest BCUT2D eigenvalue weighted by molar-refractivity contribution is 7.91. The van der Waals surface area contributed by atoms with Gasteiger partial charge >= 0.3 is 0 Å². The Morgan fingerprint density at radius 2 is 1.95 bits per heavy atom. The minimum absolute atomic E-state index is 0.00811. The minimum atomic E-state index is -3.47. The predicted molar refractivity (Wildman–Crippen MR) is 85.3 cm³/mol. The largest absolute Gasteiger partial charge is 0.382 e. The molecule has 21 heavy (non-hydrogen) atoms. The van der Waals surface area contributed by atoms with Crippen LogP contribution in [-0.4, -0.2) is 49.0 Å². The van der Waals surface area contributed by atoms with E-state index < -0.39 is 9.84 Å². The molecule has 0 aliphatic rings. The van der Waals surface area contributed by atoms with Gasteiger partial charge in [0.2, 0.25) is 5.91 Å². The summed E-state index contributed by atoms with van der Waals surface area (Å²) in [7, 11) is -3.47. The van der Waals surface area contributed by atoms with Crippen LogP contribution >= 0.6 is 11.5 Å². The predicted octanol–water partition coefficient (Wildman–Crippen LogP) is 1.19. The number of sulfone groups is 1. The monoisotopic (exact) mass is 334 g/mol. The van der Waals surface area contributed by atoms with E-state index in [-0.39, 0.29) is 28.9 Å². The number of rotatable bonds is 8. The maximum atomic E-state index is 12.2. The van der Waals surface area contributed by atoms with Gasteiger partial charge in [-0.25, -0.2) is 8.42 Å². The summed E-state index contributed by atoms with van der Waals surface area (Å²) in [6, 6.07) is 0. The van der Waals surface area contributed by atoms with Crippen molar-refractivity contribution in [1.29, 1.82) is 0 Å². The fraction of sp³-hybridized carbons (Fsp3) is 0.667. The van der Waals surface area contributed by atoms with Crippen molar-refractivity contribution in [2.45, 2.75) is 32.1 Å². The van der Waals surface area contributed by atoms with Gasteiger partial charge in [0.25, 0.3) is 0 Å². The molecule has 0 aliphatic carbocycles. The van der Waals surface area contributed by atoms with E-state index in [0.29, 0.717) is 24.5 Å². The summed E-state index contributed by atoms with van der Waals surface area (Å²) in [4.78, 5) is 13.6. The molecule has 1 heterocycles. The maximum Gasteiger partial charge on any atom is 0.241 e. The fourth-order valence-electron chi connectivity index (χ4n) is 1.92. The SMILES string of the molecule is CCCS(=O)(=O)c1c(N)nsc1NCC(=O)N(CC)CC. The van der Waals surface area contributed by atoms with Crippen LogP contribution in [0.1, 0.15) is 27.2 Å². The Morgan fingerprint density at radius 3 is 2.48 bits per heavy atom. The summed E-state index contributed by atoms with van der Waals surface area (Å²) in [6.45, 7) is 6.82. The van der Waals surface area contributed by atoms with Crippen LogP contribution in [0, 0.1) is 0 Å². The van der Waals surface area contributed by atoms with Crippen molar-refractivity contribution in [3.05, 3.63) is 0 Å². The molecule has 0 spiro atoms. The average molecular weight is 334 g/mol. The van der Waals surface area contributed by atoms with E-state index in [0.717, 1.165) is 11.5 Å². The minimum Gasteiger partial charge on any atom is -0.382 e. The van der Waals surface area contributed by atoms with Crippen LogP contribution in [0.3, 0.4) is 0 Å². The van der Waals surface area contributed by atoms with Crippen molar-refractivity contribution < 1.29 is 13.2 Å². The summed E-state index contributed by atoms with van der Waals surface area (Å²) in [5.74, 6) is -0.0917. The van der Waals surface area contributed by atoms with Gasteiger partial charge in [0.05, 0.1) is 12.3 Å². The van der Waals surface area contributed by atoms with Crippen LogP contribution < -0.4 is 11.1 Å². The first-order chi connectivity index (χ1) is 9.87. The lowest BCUT2D eigenvalue weighted by Crippen LogP contribution is -2.35. The van der Waals surface area contributed by atoms with Crippen LogP contribution in [0.5, 0.6) is 0 Å². The van der Waals surface area contributed by atoms with Gasteiger partial charge in [-0.15, -0.1) is 0 Å². The molecular formula is C12H22N4O3S2. The van der Waals surface area contributed by atoms with Gasteiger partial charge in [-0.05, 0) is 31.8 Å². The summed E-state index contributed by atoms with van der Waals surface area (Å²) >= 11 is 0.962. The molecule has 0 unspecified atom stereocenters. The molecule has 0 atom stereocenters. The molecule has 0 aromatic carbocycles. The fourth-order valence-corrected chi connectivity index (χ4v) is 4.54. The van der Waals surface area contributed by atoms with Crippen LogP contribution in [0.2, 0.25) is 0 Å². The molecule has 0 fully saturated rings. The van der Waals surface area contributed by atoms with Crippen molar-refractivity contribution >= 4 is 38.1 Å². The number of amides is 1. The van der Waals surface area contributed by atoms with Crippen LogP contribution in [-0.2, 0) is 14.6 Å². The topological polar surface area (TPSA) is 105 Å². The number of nitrogen functional groups attached to an aromatic ring is 1. The van der Waals surface area contributed by atoms with E-state index in [9.17, 15) is 13.2 Å². The van der Waals surface area contributed by atoms with E-state index in [2.05, 4.69) is 9.69 Å². The lowest BCUT2D eigenvalue weighted by atomic mass is 10.4. The molecule has 120 valence electrons.